The fraction of sp³-hybridized carbons (Fsp3) is 1.00. The average Bonchev–Trinajstić information content (AvgIpc) is 2.17. The highest BCUT2D eigenvalue weighted by Crippen LogP contribution is 2.03. The first kappa shape index (κ1) is 6.99. The lowest BCUT2D eigenvalue weighted by Gasteiger charge is -2.18. The molecule has 0 aliphatic carbocycles. The van der Waals surface area contributed by atoms with Crippen LogP contribution in [0.1, 0.15) is 19.8 Å². The lowest BCUT2D eigenvalue weighted by Crippen LogP contribution is -2.22. The summed E-state index contributed by atoms with van der Waals surface area (Å²) in [6, 6.07) is 0.451. The van der Waals surface area contributed by atoms with Crippen LogP contribution >= 0.6 is 0 Å². The summed E-state index contributed by atoms with van der Waals surface area (Å²) in [6.07, 6.45) is 2.28. The molecule has 0 amide bonds. The predicted octanol–water partition coefficient (Wildman–Crippen LogP) is 0.516. The van der Waals surface area contributed by atoms with Crippen LogP contribution in [0.15, 0.2) is 0 Å². The predicted molar refractivity (Wildman–Crippen MR) is 36.8 cm³/mol. The Morgan fingerprint density at radius 1 is 1.78 bits per heavy atom. The van der Waals surface area contributed by atoms with Crippen LogP contribution < -0.4 is 5.32 Å². The Morgan fingerprint density at radius 3 is 3.00 bits per heavy atom. The topological polar surface area (TPSA) is 38.3 Å². The molecule has 1 saturated heterocycles. The lowest BCUT2D eigenvalue weighted by molar-refractivity contribution is 0.454. The van der Waals surface area contributed by atoms with Gasteiger partial charge in [-0.15, -0.1) is 0 Å². The van der Waals surface area contributed by atoms with Gasteiger partial charge in [-0.2, -0.15) is 0 Å². The zero-order valence-corrected chi connectivity index (χ0v) is 5.76. The molecule has 0 radical (unpaired) electrons. The molecule has 1 fully saturated rings. The van der Waals surface area contributed by atoms with Gasteiger partial charge in [-0.3, -0.25) is 0 Å². The molecule has 1 aliphatic heterocycles. The quantitative estimate of drug-likeness (QED) is 0.590. The first-order valence-corrected chi connectivity index (χ1v) is 3.48. The van der Waals surface area contributed by atoms with Crippen molar-refractivity contribution in [3.63, 3.8) is 0 Å². The molecule has 54 valence electrons. The van der Waals surface area contributed by atoms with E-state index in [4.69, 9.17) is 0 Å². The highest BCUT2D eigenvalue weighted by Gasteiger charge is 2.13. The molecule has 1 aliphatic rings. The third-order valence-electron chi connectivity index (χ3n) is 1.62. The van der Waals surface area contributed by atoms with Crippen LogP contribution in [0.3, 0.4) is 0 Å². The van der Waals surface area contributed by atoms with Gasteiger partial charge in [0.2, 0.25) is 0 Å². The Morgan fingerprint density at radius 2 is 2.56 bits per heavy atom. The number of hydroxylamine groups is 2. The SMILES string of the molecule is CCCC1CN([O-])CN1. The fourth-order valence-corrected chi connectivity index (χ4v) is 1.15. The van der Waals surface area contributed by atoms with E-state index >= 15 is 0 Å². The van der Waals surface area contributed by atoms with Gasteiger partial charge in [0.1, 0.15) is 0 Å². The summed E-state index contributed by atoms with van der Waals surface area (Å²) in [7, 11) is 0. The second-order valence-corrected chi connectivity index (χ2v) is 2.51. The molecule has 3 heteroatoms. The van der Waals surface area contributed by atoms with Crippen molar-refractivity contribution in [2.45, 2.75) is 25.8 Å². The minimum absolute atomic E-state index is 0.451. The van der Waals surface area contributed by atoms with Crippen molar-refractivity contribution in [1.29, 1.82) is 0 Å². The maximum absolute atomic E-state index is 10.6. The Labute approximate surface area is 55.6 Å². The molecule has 1 rings (SSSR count). The van der Waals surface area contributed by atoms with E-state index in [-0.39, 0.29) is 0 Å². The molecular weight excluding hydrogens is 116 g/mol. The van der Waals surface area contributed by atoms with Crippen LogP contribution in [0.25, 0.3) is 0 Å². The third kappa shape index (κ3) is 1.93. The van der Waals surface area contributed by atoms with Crippen LogP contribution in [-0.4, -0.2) is 24.3 Å². The maximum Gasteiger partial charge on any atom is 0.0367 e. The number of rotatable bonds is 2. The van der Waals surface area contributed by atoms with Gasteiger partial charge in [0.15, 0.2) is 0 Å². The molecule has 1 atom stereocenters. The van der Waals surface area contributed by atoms with E-state index in [0.717, 1.165) is 17.9 Å². The minimum Gasteiger partial charge on any atom is -0.784 e. The Bertz CT molecular complexity index is 85.1. The van der Waals surface area contributed by atoms with Crippen molar-refractivity contribution >= 4 is 0 Å². The second-order valence-electron chi connectivity index (χ2n) is 2.51. The van der Waals surface area contributed by atoms with Crippen molar-refractivity contribution in [3.8, 4) is 0 Å². The van der Waals surface area contributed by atoms with Crippen LogP contribution in [0.5, 0.6) is 0 Å². The highest BCUT2D eigenvalue weighted by molar-refractivity contribution is 4.77. The van der Waals surface area contributed by atoms with Crippen LogP contribution in [0.2, 0.25) is 0 Å². The van der Waals surface area contributed by atoms with Gasteiger partial charge in [0.05, 0.1) is 0 Å². The Balaban J connectivity index is 2.14. The summed E-state index contributed by atoms with van der Waals surface area (Å²) in [6.45, 7) is 3.33. The molecule has 0 aromatic heterocycles. The van der Waals surface area contributed by atoms with Crippen LogP contribution in [-0.2, 0) is 0 Å². The van der Waals surface area contributed by atoms with Crippen molar-refractivity contribution in [2.75, 3.05) is 13.2 Å². The van der Waals surface area contributed by atoms with Gasteiger partial charge in [0.25, 0.3) is 0 Å². The minimum atomic E-state index is 0.451. The normalized spacial score (nSPS) is 29.3. The van der Waals surface area contributed by atoms with Crippen molar-refractivity contribution in [1.82, 2.24) is 10.4 Å². The van der Waals surface area contributed by atoms with E-state index in [1.54, 1.807) is 0 Å². The van der Waals surface area contributed by atoms with E-state index in [1.165, 1.54) is 0 Å². The molecular formula is C6H13N2O-. The zero-order valence-electron chi connectivity index (χ0n) is 5.76. The Hall–Kier alpha value is -0.120. The Kier molecular flexibility index (Phi) is 2.45. The third-order valence-corrected chi connectivity index (χ3v) is 1.62. The molecule has 1 unspecified atom stereocenters. The van der Waals surface area contributed by atoms with E-state index in [1.807, 2.05) is 0 Å². The maximum atomic E-state index is 10.6. The number of hydrogen-bond acceptors (Lipinski definition) is 3. The summed E-state index contributed by atoms with van der Waals surface area (Å²) in [5.41, 5.74) is 0. The molecule has 9 heavy (non-hydrogen) atoms. The molecule has 0 spiro atoms. The molecule has 0 saturated carbocycles. The van der Waals surface area contributed by atoms with Gasteiger partial charge in [-0.25, -0.2) is 0 Å². The van der Waals surface area contributed by atoms with E-state index < -0.39 is 0 Å². The van der Waals surface area contributed by atoms with Crippen LogP contribution in [0.4, 0.5) is 0 Å². The van der Waals surface area contributed by atoms with Gasteiger partial charge in [0, 0.05) is 19.3 Å². The molecule has 3 nitrogen and oxygen atoms in total. The molecule has 0 aromatic carbocycles. The van der Waals surface area contributed by atoms with Gasteiger partial charge in [-0.1, -0.05) is 13.3 Å². The second kappa shape index (κ2) is 3.15. The average molecular weight is 129 g/mol. The summed E-state index contributed by atoms with van der Waals surface area (Å²) >= 11 is 0. The smallest absolute Gasteiger partial charge is 0.0367 e. The molecule has 0 aromatic rings. The summed E-state index contributed by atoms with van der Waals surface area (Å²) in [5, 5.41) is 14.8. The van der Waals surface area contributed by atoms with Gasteiger partial charge >= 0.3 is 0 Å². The molecule has 1 N–H and O–H groups in total. The number of nitrogens with one attached hydrogen (secondary N) is 1. The van der Waals surface area contributed by atoms with E-state index in [9.17, 15) is 5.21 Å². The number of hydrogen-bond donors (Lipinski definition) is 1. The largest absolute Gasteiger partial charge is 0.784 e. The fourth-order valence-electron chi connectivity index (χ4n) is 1.15. The zero-order chi connectivity index (χ0) is 6.69. The first-order valence-electron chi connectivity index (χ1n) is 3.48. The summed E-state index contributed by atoms with van der Waals surface area (Å²) in [4.78, 5) is 0. The monoisotopic (exact) mass is 129 g/mol. The standard InChI is InChI=1S/C6H13N2O/c1-2-3-6-4-8(9)5-7-6/h6-7H,2-5H2,1H3/q-1. The summed E-state index contributed by atoms with van der Waals surface area (Å²) < 4.78 is 0. The van der Waals surface area contributed by atoms with Crippen molar-refractivity contribution in [2.24, 2.45) is 0 Å². The van der Waals surface area contributed by atoms with E-state index in [2.05, 4.69) is 12.2 Å². The van der Waals surface area contributed by atoms with Gasteiger partial charge < -0.3 is 15.6 Å². The molecule has 1 heterocycles. The van der Waals surface area contributed by atoms with Gasteiger partial charge in [-0.05, 0) is 6.42 Å². The van der Waals surface area contributed by atoms with Crippen molar-refractivity contribution in [3.05, 3.63) is 5.21 Å². The first-order chi connectivity index (χ1) is 4.33. The van der Waals surface area contributed by atoms with E-state index in [0.29, 0.717) is 19.3 Å². The number of nitrogens with zero attached hydrogens (tertiary/aromatic N) is 1. The van der Waals surface area contributed by atoms with Crippen LogP contribution in [0, 0.1) is 5.21 Å². The summed E-state index contributed by atoms with van der Waals surface area (Å²) in [5.74, 6) is 0. The molecule has 0 bridgehead atoms. The highest BCUT2D eigenvalue weighted by atomic mass is 16.5. The van der Waals surface area contributed by atoms with Crippen molar-refractivity contribution < 1.29 is 0 Å². The lowest BCUT2D eigenvalue weighted by atomic mass is 10.2.